The molecule has 1 atom stereocenters. The van der Waals surface area contributed by atoms with Crippen LogP contribution in [0.15, 0.2) is 54.6 Å². The molecule has 0 saturated heterocycles. The summed E-state index contributed by atoms with van der Waals surface area (Å²) in [6.45, 7) is -0.126. The van der Waals surface area contributed by atoms with E-state index < -0.39 is 30.4 Å². The van der Waals surface area contributed by atoms with Gasteiger partial charge in [-0.15, -0.1) is 0 Å². The van der Waals surface area contributed by atoms with Crippen LogP contribution < -0.4 is 11.5 Å². The van der Waals surface area contributed by atoms with Gasteiger partial charge in [-0.05, 0) is 37.9 Å². The van der Waals surface area contributed by atoms with E-state index in [2.05, 4.69) is 0 Å². The zero-order valence-electron chi connectivity index (χ0n) is 16.5. The molecule has 0 fully saturated rings. The number of rotatable bonds is 10. The molecule has 0 aromatic heterocycles. The number of carbonyl (C=O) groups is 4. The van der Waals surface area contributed by atoms with Crippen LogP contribution in [0.5, 0.6) is 0 Å². The van der Waals surface area contributed by atoms with Gasteiger partial charge < -0.3 is 16.6 Å². The Bertz CT molecular complexity index is 897. The Morgan fingerprint density at radius 3 is 1.93 bits per heavy atom. The molecule has 8 nitrogen and oxygen atoms in total. The lowest BCUT2D eigenvalue weighted by Gasteiger charge is -2.27. The number of carboxylic acid groups (broad SMARTS) is 1. The molecule has 30 heavy (non-hydrogen) atoms. The summed E-state index contributed by atoms with van der Waals surface area (Å²) in [5.74, 6) is -3.07. The summed E-state index contributed by atoms with van der Waals surface area (Å²) in [4.78, 5) is 50.2. The Morgan fingerprint density at radius 1 is 0.833 bits per heavy atom. The molecule has 2 amide bonds. The fraction of sp³-hybridized carbons (Fsp3) is 0.273. The highest BCUT2D eigenvalue weighted by Gasteiger charge is 2.34. The van der Waals surface area contributed by atoms with E-state index in [4.69, 9.17) is 11.5 Å². The number of aliphatic carboxylic acids is 1. The van der Waals surface area contributed by atoms with E-state index >= 15 is 0 Å². The van der Waals surface area contributed by atoms with Crippen LogP contribution >= 0.6 is 0 Å². The minimum atomic E-state index is -1.34. The van der Waals surface area contributed by atoms with Crippen LogP contribution in [-0.2, 0) is 9.59 Å². The second-order valence-corrected chi connectivity index (χ2v) is 6.68. The second kappa shape index (κ2) is 11.0. The molecule has 0 bridgehead atoms. The van der Waals surface area contributed by atoms with Crippen molar-refractivity contribution >= 4 is 23.6 Å². The maximum absolute atomic E-state index is 13.0. The summed E-state index contributed by atoms with van der Waals surface area (Å²) in [6.07, 6.45) is 1.09. The summed E-state index contributed by atoms with van der Waals surface area (Å²) in [7, 11) is 0. The summed E-state index contributed by atoms with van der Waals surface area (Å²) in [5.41, 5.74) is 11.8. The van der Waals surface area contributed by atoms with Gasteiger partial charge in [0.05, 0.1) is 6.54 Å². The number of nitrogens with zero attached hydrogens (tertiary/aromatic N) is 1. The predicted octanol–water partition coefficient (Wildman–Crippen LogP) is 1.43. The van der Waals surface area contributed by atoms with E-state index in [1.165, 1.54) is 24.3 Å². The molecule has 0 spiro atoms. The molecular weight excluding hydrogens is 386 g/mol. The minimum absolute atomic E-state index is 0.0780. The van der Waals surface area contributed by atoms with Crippen LogP contribution in [-0.4, -0.2) is 52.7 Å². The number of ketones is 1. The van der Waals surface area contributed by atoms with E-state index in [1.807, 2.05) is 0 Å². The summed E-state index contributed by atoms with van der Waals surface area (Å²) < 4.78 is 0. The molecule has 158 valence electrons. The normalized spacial score (nSPS) is 11.5. The van der Waals surface area contributed by atoms with Crippen LogP contribution in [0, 0.1) is 0 Å². The number of benzene rings is 2. The highest BCUT2D eigenvalue weighted by molar-refractivity contribution is 6.10. The number of hydrogen-bond donors (Lipinski definition) is 3. The first-order valence-corrected chi connectivity index (χ1v) is 9.59. The molecule has 2 aromatic rings. The minimum Gasteiger partial charge on any atom is -0.480 e. The van der Waals surface area contributed by atoms with Gasteiger partial charge >= 0.3 is 5.97 Å². The molecule has 0 aliphatic heterocycles. The van der Waals surface area contributed by atoms with Crippen LogP contribution in [0.2, 0.25) is 0 Å². The van der Waals surface area contributed by atoms with E-state index in [0.717, 1.165) is 0 Å². The van der Waals surface area contributed by atoms with Gasteiger partial charge in [-0.25, -0.2) is 4.79 Å². The Hall–Kier alpha value is -3.36. The van der Waals surface area contributed by atoms with Crippen molar-refractivity contribution in [2.45, 2.75) is 25.3 Å². The number of imide groups is 1. The average Bonchev–Trinajstić information content (AvgIpc) is 2.78. The zero-order valence-corrected chi connectivity index (χ0v) is 16.5. The molecule has 0 saturated carbocycles. The number of hydrogen-bond acceptors (Lipinski definition) is 6. The highest BCUT2D eigenvalue weighted by atomic mass is 16.4. The molecule has 2 rings (SSSR count). The largest absolute Gasteiger partial charge is 0.480 e. The van der Waals surface area contributed by atoms with Crippen LogP contribution in [0.1, 0.15) is 45.5 Å². The standard InChI is InChI=1S/C22H25N3O5/c23-13-5-4-8-18(22(29)30)25(19(26)14-24)21(28)17-11-9-16(10-12-17)20(27)15-6-2-1-3-7-15/h1-3,6-7,9-12,18H,4-5,8,13-14,23-24H2,(H,29,30)/t18-/m1/s1. The molecule has 5 N–H and O–H groups in total. The maximum Gasteiger partial charge on any atom is 0.326 e. The van der Waals surface area contributed by atoms with E-state index in [0.29, 0.717) is 35.4 Å². The topological polar surface area (TPSA) is 144 Å². The molecule has 0 aliphatic rings. The van der Waals surface area contributed by atoms with Crippen molar-refractivity contribution < 1.29 is 24.3 Å². The van der Waals surface area contributed by atoms with Crippen LogP contribution in [0.3, 0.4) is 0 Å². The van der Waals surface area contributed by atoms with E-state index in [9.17, 15) is 24.3 Å². The monoisotopic (exact) mass is 411 g/mol. The molecule has 0 aliphatic carbocycles. The Labute approximate surface area is 174 Å². The van der Waals surface area contributed by atoms with Crippen molar-refractivity contribution in [3.8, 4) is 0 Å². The lowest BCUT2D eigenvalue weighted by Crippen LogP contribution is -2.50. The van der Waals surface area contributed by atoms with Crippen molar-refractivity contribution in [3.05, 3.63) is 71.3 Å². The third-order valence-corrected chi connectivity index (χ3v) is 4.62. The van der Waals surface area contributed by atoms with Gasteiger partial charge in [0.15, 0.2) is 5.78 Å². The average molecular weight is 411 g/mol. The van der Waals surface area contributed by atoms with E-state index in [-0.39, 0.29) is 17.8 Å². The van der Waals surface area contributed by atoms with Gasteiger partial charge in [-0.3, -0.25) is 19.3 Å². The predicted molar refractivity (Wildman–Crippen MR) is 111 cm³/mol. The first kappa shape index (κ1) is 22.9. The second-order valence-electron chi connectivity index (χ2n) is 6.68. The molecule has 8 heteroatoms. The van der Waals surface area contributed by atoms with Gasteiger partial charge in [0.2, 0.25) is 5.91 Å². The Morgan fingerprint density at radius 2 is 1.40 bits per heavy atom. The number of carbonyl (C=O) groups excluding carboxylic acids is 3. The maximum atomic E-state index is 13.0. The van der Waals surface area contributed by atoms with Crippen molar-refractivity contribution in [3.63, 3.8) is 0 Å². The molecule has 0 radical (unpaired) electrons. The SMILES string of the molecule is NCCCC[C@H](C(=O)O)N(C(=O)CN)C(=O)c1ccc(C(=O)c2ccccc2)cc1. The first-order valence-electron chi connectivity index (χ1n) is 9.59. The van der Waals surface area contributed by atoms with Crippen molar-refractivity contribution in [2.75, 3.05) is 13.1 Å². The quantitative estimate of drug-likeness (QED) is 0.396. The smallest absolute Gasteiger partial charge is 0.326 e. The molecule has 0 unspecified atom stereocenters. The fourth-order valence-corrected chi connectivity index (χ4v) is 3.03. The third kappa shape index (κ3) is 5.59. The van der Waals surface area contributed by atoms with E-state index in [1.54, 1.807) is 30.3 Å². The van der Waals surface area contributed by atoms with Crippen molar-refractivity contribution in [1.29, 1.82) is 0 Å². The van der Waals surface area contributed by atoms with Gasteiger partial charge in [-0.2, -0.15) is 0 Å². The van der Waals surface area contributed by atoms with Crippen LogP contribution in [0.4, 0.5) is 0 Å². The zero-order chi connectivity index (χ0) is 22.1. The molecule has 2 aromatic carbocycles. The third-order valence-electron chi connectivity index (χ3n) is 4.62. The van der Waals surface area contributed by atoms with Gasteiger partial charge in [0, 0.05) is 16.7 Å². The van der Waals surface area contributed by atoms with Crippen molar-refractivity contribution in [1.82, 2.24) is 4.90 Å². The Kier molecular flexibility index (Phi) is 8.40. The van der Waals surface area contributed by atoms with Gasteiger partial charge in [0.1, 0.15) is 6.04 Å². The number of unbranched alkanes of at least 4 members (excludes halogenated alkanes) is 1. The molecule has 0 heterocycles. The number of carboxylic acids is 1. The number of nitrogens with two attached hydrogens (primary N) is 2. The first-order chi connectivity index (χ1) is 14.4. The lowest BCUT2D eigenvalue weighted by atomic mass is 10.0. The lowest BCUT2D eigenvalue weighted by molar-refractivity contribution is -0.147. The fourth-order valence-electron chi connectivity index (χ4n) is 3.03. The highest BCUT2D eigenvalue weighted by Crippen LogP contribution is 2.17. The Balaban J connectivity index is 2.28. The van der Waals surface area contributed by atoms with Crippen LogP contribution in [0.25, 0.3) is 0 Å². The molecular formula is C22H25N3O5. The van der Waals surface area contributed by atoms with Gasteiger partial charge in [0.25, 0.3) is 5.91 Å². The van der Waals surface area contributed by atoms with Crippen molar-refractivity contribution in [2.24, 2.45) is 11.5 Å². The summed E-state index contributed by atoms with van der Waals surface area (Å²) >= 11 is 0. The van der Waals surface area contributed by atoms with Gasteiger partial charge in [-0.1, -0.05) is 42.5 Å². The number of amides is 2. The summed E-state index contributed by atoms with van der Waals surface area (Å²) in [5, 5.41) is 9.56. The summed E-state index contributed by atoms with van der Waals surface area (Å²) in [6, 6.07) is 13.1.